The number of phenols is 1. The summed E-state index contributed by atoms with van der Waals surface area (Å²) in [5.41, 5.74) is 3.44. The molecule has 0 aliphatic heterocycles. The van der Waals surface area contributed by atoms with Crippen molar-refractivity contribution < 1.29 is 5.11 Å². The topological polar surface area (TPSA) is 45.2 Å². The Balaban J connectivity index is 1.71. The van der Waals surface area contributed by atoms with Crippen LogP contribution in [0.2, 0.25) is 0 Å². The van der Waals surface area contributed by atoms with E-state index < -0.39 is 0 Å². The van der Waals surface area contributed by atoms with Crippen molar-refractivity contribution in [1.82, 2.24) is 10.3 Å². The molecule has 0 spiro atoms. The molecule has 1 aliphatic rings. The molecule has 2 N–H and O–H groups in total. The third-order valence-electron chi connectivity index (χ3n) is 3.44. The molecule has 1 aromatic heterocycles. The normalized spacial score (nSPS) is 17.9. The van der Waals surface area contributed by atoms with Gasteiger partial charge in [0.1, 0.15) is 5.75 Å². The van der Waals surface area contributed by atoms with Gasteiger partial charge in [0.2, 0.25) is 0 Å². The number of aromatic hydroxyl groups is 1. The first kappa shape index (κ1) is 11.7. The lowest BCUT2D eigenvalue weighted by Crippen LogP contribution is -2.18. The van der Waals surface area contributed by atoms with E-state index >= 15 is 0 Å². The van der Waals surface area contributed by atoms with Gasteiger partial charge >= 0.3 is 0 Å². The summed E-state index contributed by atoms with van der Waals surface area (Å²) < 4.78 is 0. The Morgan fingerprint density at radius 1 is 1.50 bits per heavy atom. The molecule has 1 aliphatic carbocycles. The van der Waals surface area contributed by atoms with E-state index in [0.29, 0.717) is 11.8 Å². The molecule has 1 aromatic carbocycles. The number of thiazole rings is 1. The van der Waals surface area contributed by atoms with Crippen molar-refractivity contribution >= 4 is 11.3 Å². The van der Waals surface area contributed by atoms with Crippen LogP contribution in [0.25, 0.3) is 0 Å². The van der Waals surface area contributed by atoms with E-state index in [9.17, 15) is 5.11 Å². The van der Waals surface area contributed by atoms with E-state index in [1.54, 1.807) is 17.4 Å². The molecule has 1 atom stereocenters. The maximum atomic E-state index is 9.80. The Bertz CT molecular complexity index is 565. The van der Waals surface area contributed by atoms with Gasteiger partial charge in [-0.2, -0.15) is 0 Å². The molecule has 0 fully saturated rings. The summed E-state index contributed by atoms with van der Waals surface area (Å²) in [5, 5.41) is 16.5. The van der Waals surface area contributed by atoms with Crippen LogP contribution in [0.15, 0.2) is 23.6 Å². The number of hydrogen-bond acceptors (Lipinski definition) is 4. The first-order chi connectivity index (χ1) is 8.74. The Hall–Kier alpha value is -1.39. The molecule has 94 valence electrons. The minimum atomic E-state index is 0.342. The second-order valence-corrected chi connectivity index (χ2v) is 5.74. The van der Waals surface area contributed by atoms with Gasteiger partial charge in [0.15, 0.2) is 0 Å². The van der Waals surface area contributed by atoms with Gasteiger partial charge in [-0.25, -0.2) is 4.98 Å². The predicted octanol–water partition coefficient (Wildman–Crippen LogP) is 2.93. The highest BCUT2D eigenvalue weighted by atomic mass is 32.1. The van der Waals surface area contributed by atoms with Crippen LogP contribution < -0.4 is 5.32 Å². The number of nitrogens with zero attached hydrogens (tertiary/aromatic N) is 1. The van der Waals surface area contributed by atoms with Crippen molar-refractivity contribution in [3.8, 4) is 5.75 Å². The fraction of sp³-hybridized carbons (Fsp3) is 0.357. The molecule has 3 nitrogen and oxygen atoms in total. The van der Waals surface area contributed by atoms with Crippen molar-refractivity contribution in [3.05, 3.63) is 45.4 Å². The van der Waals surface area contributed by atoms with Crippen LogP contribution in [0, 0.1) is 6.92 Å². The predicted molar refractivity (Wildman–Crippen MR) is 72.9 cm³/mol. The number of nitrogens with one attached hydrogen (secondary N) is 1. The molecule has 3 rings (SSSR count). The van der Waals surface area contributed by atoms with Gasteiger partial charge in [0.05, 0.1) is 10.7 Å². The highest BCUT2D eigenvalue weighted by Crippen LogP contribution is 2.36. The molecular weight excluding hydrogens is 244 g/mol. The van der Waals surface area contributed by atoms with Gasteiger partial charge < -0.3 is 10.4 Å². The van der Waals surface area contributed by atoms with E-state index in [2.05, 4.69) is 21.7 Å². The van der Waals surface area contributed by atoms with E-state index in [-0.39, 0.29) is 0 Å². The lowest BCUT2D eigenvalue weighted by atomic mass is 10.1. The molecule has 1 unspecified atom stereocenters. The molecule has 0 saturated heterocycles. The third-order valence-corrected chi connectivity index (χ3v) is 4.26. The van der Waals surface area contributed by atoms with E-state index in [0.717, 1.165) is 35.7 Å². The van der Waals surface area contributed by atoms with Crippen LogP contribution >= 0.6 is 11.3 Å². The second kappa shape index (κ2) is 4.71. The Morgan fingerprint density at radius 2 is 2.39 bits per heavy atom. The van der Waals surface area contributed by atoms with Gasteiger partial charge in [-0.1, -0.05) is 12.1 Å². The number of hydrogen-bond donors (Lipinski definition) is 2. The van der Waals surface area contributed by atoms with Crippen LogP contribution in [0.4, 0.5) is 0 Å². The van der Waals surface area contributed by atoms with E-state index in [1.807, 2.05) is 13.0 Å². The van der Waals surface area contributed by atoms with Gasteiger partial charge in [0.25, 0.3) is 0 Å². The van der Waals surface area contributed by atoms with Crippen LogP contribution in [0.5, 0.6) is 5.75 Å². The lowest BCUT2D eigenvalue weighted by Gasteiger charge is -2.13. The second-order valence-electron chi connectivity index (χ2n) is 4.67. The lowest BCUT2D eigenvalue weighted by molar-refractivity contribution is 0.469. The van der Waals surface area contributed by atoms with Crippen LogP contribution in [0.3, 0.4) is 0 Å². The van der Waals surface area contributed by atoms with Crippen molar-refractivity contribution in [1.29, 1.82) is 0 Å². The minimum absolute atomic E-state index is 0.342. The summed E-state index contributed by atoms with van der Waals surface area (Å²) in [4.78, 5) is 4.45. The van der Waals surface area contributed by atoms with Crippen LogP contribution in [-0.4, -0.2) is 10.1 Å². The zero-order valence-electron chi connectivity index (χ0n) is 10.3. The fourth-order valence-corrected chi connectivity index (χ4v) is 3.18. The summed E-state index contributed by atoms with van der Waals surface area (Å²) in [6.45, 7) is 2.82. The molecule has 0 saturated carbocycles. The molecule has 1 heterocycles. The van der Waals surface area contributed by atoms with Crippen molar-refractivity contribution in [2.45, 2.75) is 32.4 Å². The maximum Gasteiger partial charge on any atom is 0.119 e. The van der Waals surface area contributed by atoms with Crippen molar-refractivity contribution in [2.24, 2.45) is 0 Å². The fourth-order valence-electron chi connectivity index (χ4n) is 2.56. The van der Waals surface area contributed by atoms with Gasteiger partial charge in [-0.3, -0.25) is 0 Å². The van der Waals surface area contributed by atoms with E-state index in [4.69, 9.17) is 0 Å². The zero-order valence-corrected chi connectivity index (χ0v) is 11.1. The first-order valence-corrected chi connectivity index (χ1v) is 7.07. The first-order valence-electron chi connectivity index (χ1n) is 6.19. The molecule has 0 radical (unpaired) electrons. The average molecular weight is 260 g/mol. The number of rotatable bonds is 3. The Labute approximate surface area is 111 Å². The van der Waals surface area contributed by atoms with Crippen LogP contribution in [-0.2, 0) is 13.0 Å². The number of aryl methyl sites for hydroxylation is 1. The quantitative estimate of drug-likeness (QED) is 0.892. The van der Waals surface area contributed by atoms with Gasteiger partial charge in [-0.05, 0) is 37.0 Å². The Kier molecular flexibility index (Phi) is 3.06. The largest absolute Gasteiger partial charge is 0.508 e. The maximum absolute atomic E-state index is 9.80. The zero-order chi connectivity index (χ0) is 12.5. The summed E-state index contributed by atoms with van der Waals surface area (Å²) in [6.07, 6.45) is 2.01. The number of benzene rings is 1. The molecule has 2 aromatic rings. The number of fused-ring (bicyclic) bond motifs is 1. The summed E-state index contributed by atoms with van der Waals surface area (Å²) in [5.74, 6) is 0.432. The summed E-state index contributed by atoms with van der Waals surface area (Å²) >= 11 is 1.68. The summed E-state index contributed by atoms with van der Waals surface area (Å²) in [6, 6.07) is 6.13. The SMILES string of the molecule is Cc1nc(CNC2CCc3c(O)cccc32)cs1. The molecule has 18 heavy (non-hydrogen) atoms. The Morgan fingerprint density at radius 3 is 3.17 bits per heavy atom. The highest BCUT2D eigenvalue weighted by Gasteiger charge is 2.24. The van der Waals surface area contributed by atoms with Crippen molar-refractivity contribution in [3.63, 3.8) is 0 Å². The standard InChI is InChI=1S/C14H16N2OS/c1-9-16-10(8-18-9)7-15-13-6-5-12-11(13)3-2-4-14(12)17/h2-4,8,13,15,17H,5-7H2,1H3. The van der Waals surface area contributed by atoms with Gasteiger partial charge in [-0.15, -0.1) is 11.3 Å². The highest BCUT2D eigenvalue weighted by molar-refractivity contribution is 7.09. The van der Waals surface area contributed by atoms with Crippen molar-refractivity contribution in [2.75, 3.05) is 0 Å². The molecule has 0 amide bonds. The third kappa shape index (κ3) is 2.13. The van der Waals surface area contributed by atoms with Gasteiger partial charge in [0, 0.05) is 18.0 Å². The number of aromatic nitrogens is 1. The summed E-state index contributed by atoms with van der Waals surface area (Å²) in [7, 11) is 0. The average Bonchev–Trinajstić information content (AvgIpc) is 2.94. The number of phenolic OH excluding ortho intramolecular Hbond substituents is 1. The molecular formula is C14H16N2OS. The van der Waals surface area contributed by atoms with E-state index in [1.165, 1.54) is 5.56 Å². The monoisotopic (exact) mass is 260 g/mol. The molecule has 0 bridgehead atoms. The van der Waals surface area contributed by atoms with Crippen LogP contribution in [0.1, 0.15) is 34.3 Å². The molecule has 4 heteroatoms. The minimum Gasteiger partial charge on any atom is -0.508 e. The smallest absolute Gasteiger partial charge is 0.119 e.